The molecule has 0 N–H and O–H groups in total. The lowest BCUT2D eigenvalue weighted by Crippen LogP contribution is -2.43. The number of rotatable bonds is 5. The summed E-state index contributed by atoms with van der Waals surface area (Å²) in [7, 11) is 0. The molecule has 0 unspecified atom stereocenters. The molecule has 0 radical (unpaired) electrons. The van der Waals surface area contributed by atoms with E-state index >= 15 is 0 Å². The third kappa shape index (κ3) is 3.96. The van der Waals surface area contributed by atoms with Crippen molar-refractivity contribution in [2.45, 2.75) is 25.8 Å². The standard InChI is InChI=1S/C21H21ClN4O3/c1-14-17(22)5-2-6-18(14)26-13-24(11-20(26)28)19(27)12-25(16-7-8-16)21(29)15-4-3-9-23-10-15/h2-6,9-10,16H,7-8,11-13H2,1H3. The first-order chi connectivity index (χ1) is 14.0. The molecule has 2 heterocycles. The third-order valence-electron chi connectivity index (χ3n) is 5.28. The Balaban J connectivity index is 1.47. The molecule has 1 aromatic heterocycles. The maximum absolute atomic E-state index is 12.9. The van der Waals surface area contributed by atoms with Gasteiger partial charge in [0.15, 0.2) is 0 Å². The number of amides is 3. The minimum absolute atomic E-state index is 0.00955. The number of carbonyl (C=O) groups is 3. The average Bonchev–Trinajstić information content (AvgIpc) is 3.50. The number of hydrogen-bond donors (Lipinski definition) is 0. The summed E-state index contributed by atoms with van der Waals surface area (Å²) >= 11 is 6.17. The molecule has 1 saturated carbocycles. The Labute approximate surface area is 173 Å². The van der Waals surface area contributed by atoms with E-state index in [9.17, 15) is 14.4 Å². The Morgan fingerprint density at radius 1 is 1.24 bits per heavy atom. The molecule has 1 aliphatic carbocycles. The largest absolute Gasteiger partial charge is 0.326 e. The predicted octanol–water partition coefficient (Wildman–Crippen LogP) is 2.48. The van der Waals surface area contributed by atoms with Gasteiger partial charge in [-0.3, -0.25) is 24.3 Å². The van der Waals surface area contributed by atoms with Gasteiger partial charge in [-0.2, -0.15) is 0 Å². The van der Waals surface area contributed by atoms with Crippen molar-refractivity contribution in [1.82, 2.24) is 14.8 Å². The van der Waals surface area contributed by atoms with E-state index in [4.69, 9.17) is 11.6 Å². The van der Waals surface area contributed by atoms with Crippen molar-refractivity contribution in [3.8, 4) is 0 Å². The number of benzene rings is 1. The molecule has 0 spiro atoms. The zero-order valence-corrected chi connectivity index (χ0v) is 16.8. The van der Waals surface area contributed by atoms with Crippen molar-refractivity contribution in [3.63, 3.8) is 0 Å². The van der Waals surface area contributed by atoms with Crippen LogP contribution >= 0.6 is 11.6 Å². The molecule has 0 atom stereocenters. The molecule has 3 amide bonds. The molecule has 1 aromatic carbocycles. The maximum atomic E-state index is 12.9. The molecule has 2 fully saturated rings. The van der Waals surface area contributed by atoms with Crippen LogP contribution in [0.1, 0.15) is 28.8 Å². The van der Waals surface area contributed by atoms with E-state index in [-0.39, 0.29) is 43.5 Å². The zero-order chi connectivity index (χ0) is 20.5. The van der Waals surface area contributed by atoms with Crippen molar-refractivity contribution in [2.75, 3.05) is 24.7 Å². The van der Waals surface area contributed by atoms with Gasteiger partial charge in [0.25, 0.3) is 5.91 Å². The second-order valence-electron chi connectivity index (χ2n) is 7.34. The number of hydrogen-bond acceptors (Lipinski definition) is 4. The van der Waals surface area contributed by atoms with Crippen molar-refractivity contribution >= 4 is 35.0 Å². The van der Waals surface area contributed by atoms with E-state index < -0.39 is 0 Å². The minimum Gasteiger partial charge on any atom is -0.326 e. The fourth-order valence-electron chi connectivity index (χ4n) is 3.47. The number of anilines is 1. The zero-order valence-electron chi connectivity index (χ0n) is 16.0. The highest BCUT2D eigenvalue weighted by molar-refractivity contribution is 6.31. The topological polar surface area (TPSA) is 73.8 Å². The van der Waals surface area contributed by atoms with Crippen LogP contribution in [0, 0.1) is 6.92 Å². The van der Waals surface area contributed by atoms with Crippen LogP contribution in [0.25, 0.3) is 0 Å². The van der Waals surface area contributed by atoms with Crippen LogP contribution < -0.4 is 4.90 Å². The third-order valence-corrected chi connectivity index (χ3v) is 5.69. The number of nitrogens with zero attached hydrogens (tertiary/aromatic N) is 4. The summed E-state index contributed by atoms with van der Waals surface area (Å²) in [6.45, 7) is 1.94. The molecule has 7 nitrogen and oxygen atoms in total. The van der Waals surface area contributed by atoms with Crippen LogP contribution in [-0.2, 0) is 9.59 Å². The van der Waals surface area contributed by atoms with Gasteiger partial charge in [-0.25, -0.2) is 0 Å². The number of halogens is 1. The molecule has 2 aliphatic rings. The molecule has 1 saturated heterocycles. The molecular weight excluding hydrogens is 392 g/mol. The molecule has 2 aromatic rings. The molecule has 1 aliphatic heterocycles. The molecular formula is C21H21ClN4O3. The normalized spacial score (nSPS) is 16.3. The highest BCUT2D eigenvalue weighted by Gasteiger charge is 2.38. The van der Waals surface area contributed by atoms with Gasteiger partial charge in [0.05, 0.1) is 5.56 Å². The van der Waals surface area contributed by atoms with Gasteiger partial charge in [0, 0.05) is 29.1 Å². The molecule has 4 rings (SSSR count). The Kier molecular flexibility index (Phi) is 5.24. The van der Waals surface area contributed by atoms with Gasteiger partial charge < -0.3 is 9.80 Å². The first-order valence-corrected chi connectivity index (χ1v) is 9.87. The summed E-state index contributed by atoms with van der Waals surface area (Å²) in [5.41, 5.74) is 1.95. The highest BCUT2D eigenvalue weighted by atomic mass is 35.5. The van der Waals surface area contributed by atoms with E-state index in [0.717, 1.165) is 18.4 Å². The van der Waals surface area contributed by atoms with Crippen molar-refractivity contribution in [2.24, 2.45) is 0 Å². The molecule has 29 heavy (non-hydrogen) atoms. The minimum atomic E-state index is -0.246. The number of pyridine rings is 1. The fourth-order valence-corrected chi connectivity index (χ4v) is 3.64. The smallest absolute Gasteiger partial charge is 0.256 e. The Hall–Kier alpha value is -2.93. The lowest BCUT2D eigenvalue weighted by Gasteiger charge is -2.25. The summed E-state index contributed by atoms with van der Waals surface area (Å²) in [6.07, 6.45) is 4.87. The Morgan fingerprint density at radius 2 is 2.03 bits per heavy atom. The Bertz CT molecular complexity index is 962. The van der Waals surface area contributed by atoms with E-state index in [1.807, 2.05) is 13.0 Å². The summed E-state index contributed by atoms with van der Waals surface area (Å²) in [4.78, 5) is 46.9. The van der Waals surface area contributed by atoms with Gasteiger partial charge in [-0.15, -0.1) is 0 Å². The second kappa shape index (κ2) is 7.83. The Morgan fingerprint density at radius 3 is 2.72 bits per heavy atom. The molecule has 0 bridgehead atoms. The van der Waals surface area contributed by atoms with Crippen molar-refractivity contribution < 1.29 is 14.4 Å². The predicted molar refractivity (Wildman–Crippen MR) is 109 cm³/mol. The second-order valence-corrected chi connectivity index (χ2v) is 7.75. The number of aromatic nitrogens is 1. The fraction of sp³-hybridized carbons (Fsp3) is 0.333. The van der Waals surface area contributed by atoms with Gasteiger partial charge >= 0.3 is 0 Å². The van der Waals surface area contributed by atoms with Crippen LogP contribution in [0.4, 0.5) is 5.69 Å². The highest BCUT2D eigenvalue weighted by Crippen LogP contribution is 2.30. The van der Waals surface area contributed by atoms with Crippen LogP contribution in [0.3, 0.4) is 0 Å². The van der Waals surface area contributed by atoms with Crippen LogP contribution in [0.2, 0.25) is 5.02 Å². The lowest BCUT2D eigenvalue weighted by molar-refractivity contribution is -0.132. The van der Waals surface area contributed by atoms with Gasteiger partial charge in [-0.05, 0) is 49.6 Å². The van der Waals surface area contributed by atoms with Gasteiger partial charge in [0.1, 0.15) is 19.8 Å². The van der Waals surface area contributed by atoms with Crippen molar-refractivity contribution in [3.05, 3.63) is 58.9 Å². The monoisotopic (exact) mass is 412 g/mol. The summed E-state index contributed by atoms with van der Waals surface area (Å²) in [5, 5.41) is 0.571. The average molecular weight is 413 g/mol. The quantitative estimate of drug-likeness (QED) is 0.756. The van der Waals surface area contributed by atoms with E-state index in [2.05, 4.69) is 4.98 Å². The van der Waals surface area contributed by atoms with Crippen LogP contribution in [0.15, 0.2) is 42.7 Å². The molecule has 150 valence electrons. The lowest BCUT2D eigenvalue weighted by atomic mass is 10.2. The van der Waals surface area contributed by atoms with E-state index in [1.165, 1.54) is 11.1 Å². The van der Waals surface area contributed by atoms with Crippen LogP contribution in [-0.4, -0.2) is 58.3 Å². The number of carbonyl (C=O) groups excluding carboxylic acids is 3. The van der Waals surface area contributed by atoms with Crippen LogP contribution in [0.5, 0.6) is 0 Å². The molecule has 8 heteroatoms. The SMILES string of the molecule is Cc1c(Cl)cccc1N1CN(C(=O)CN(C(=O)c2cccnc2)C2CC2)CC1=O. The van der Waals surface area contributed by atoms with E-state index in [1.54, 1.807) is 40.3 Å². The van der Waals surface area contributed by atoms with E-state index in [0.29, 0.717) is 16.3 Å². The summed E-state index contributed by atoms with van der Waals surface area (Å²) in [6, 6.07) is 8.82. The maximum Gasteiger partial charge on any atom is 0.256 e. The first-order valence-electron chi connectivity index (χ1n) is 9.50. The summed E-state index contributed by atoms with van der Waals surface area (Å²) < 4.78 is 0. The summed E-state index contributed by atoms with van der Waals surface area (Å²) in [5.74, 6) is -0.619. The van der Waals surface area contributed by atoms with Gasteiger partial charge in [0.2, 0.25) is 11.8 Å². The van der Waals surface area contributed by atoms with Gasteiger partial charge in [-0.1, -0.05) is 17.7 Å². The first kappa shape index (κ1) is 19.4. The van der Waals surface area contributed by atoms with Crippen molar-refractivity contribution in [1.29, 1.82) is 0 Å².